The largest absolute Gasteiger partial charge is 0.493 e. The number of alkyl halides is 3. The minimum Gasteiger partial charge on any atom is -0.493 e. The molecule has 0 unspecified atom stereocenters. The van der Waals surface area contributed by atoms with Gasteiger partial charge in [0, 0.05) is 54.8 Å². The van der Waals surface area contributed by atoms with Crippen molar-refractivity contribution >= 4 is 28.9 Å². The number of amides is 2. The molecule has 43 heavy (non-hydrogen) atoms. The van der Waals surface area contributed by atoms with Crippen molar-refractivity contribution in [2.24, 2.45) is 0 Å². The molecule has 5 aromatic rings. The Kier molecular flexibility index (Phi) is 8.60. The summed E-state index contributed by atoms with van der Waals surface area (Å²) in [6.45, 7) is 3.97. The first-order valence-corrected chi connectivity index (χ1v) is 13.4. The molecule has 0 fully saturated rings. The predicted octanol–water partition coefficient (Wildman–Crippen LogP) is 6.86. The smallest absolute Gasteiger partial charge is 0.420 e. The van der Waals surface area contributed by atoms with Gasteiger partial charge in [0.05, 0.1) is 30.2 Å². The number of urea groups is 1. The van der Waals surface area contributed by atoms with Crippen LogP contribution in [0.3, 0.4) is 0 Å². The summed E-state index contributed by atoms with van der Waals surface area (Å²) in [5, 5.41) is 8.46. The third-order valence-corrected chi connectivity index (χ3v) is 6.23. The van der Waals surface area contributed by atoms with Crippen LogP contribution in [-0.2, 0) is 12.7 Å². The maximum atomic E-state index is 13.7. The van der Waals surface area contributed by atoms with Gasteiger partial charge >= 0.3 is 12.2 Å². The quantitative estimate of drug-likeness (QED) is 0.163. The van der Waals surface area contributed by atoms with E-state index in [1.165, 1.54) is 0 Å². The molecule has 0 radical (unpaired) electrons. The Morgan fingerprint density at radius 2 is 1.72 bits per heavy atom. The van der Waals surface area contributed by atoms with Gasteiger partial charge in [0.15, 0.2) is 11.5 Å². The van der Waals surface area contributed by atoms with E-state index in [9.17, 15) is 18.0 Å². The molecule has 0 bridgehead atoms. The van der Waals surface area contributed by atoms with E-state index < -0.39 is 17.8 Å². The zero-order valence-corrected chi connectivity index (χ0v) is 23.3. The molecule has 3 aromatic heterocycles. The molecule has 2 aromatic carbocycles. The number of nitrogens with one attached hydrogen (secondary N) is 3. The van der Waals surface area contributed by atoms with Gasteiger partial charge in [-0.05, 0) is 49.7 Å². The summed E-state index contributed by atoms with van der Waals surface area (Å²) in [6, 6.07) is 11.9. The van der Waals surface area contributed by atoms with Crippen LogP contribution in [0.1, 0.15) is 25.0 Å². The average molecular weight is 592 g/mol. The fraction of sp³-hybridized carbons (Fsp3) is 0.200. The van der Waals surface area contributed by atoms with Gasteiger partial charge in [-0.1, -0.05) is 12.1 Å². The molecule has 0 aliphatic rings. The zero-order valence-electron chi connectivity index (χ0n) is 23.3. The molecule has 0 aliphatic carbocycles. The molecular weight excluding hydrogens is 563 g/mol. The van der Waals surface area contributed by atoms with E-state index in [0.29, 0.717) is 35.0 Å². The summed E-state index contributed by atoms with van der Waals surface area (Å²) in [5.74, 6) is 0.233. The third kappa shape index (κ3) is 6.94. The lowest BCUT2D eigenvalue weighted by atomic mass is 10.1. The minimum absolute atomic E-state index is 0.0309. The van der Waals surface area contributed by atoms with E-state index in [1.54, 1.807) is 56.8 Å². The summed E-state index contributed by atoms with van der Waals surface area (Å²) in [7, 11) is 0. The third-order valence-electron chi connectivity index (χ3n) is 6.23. The molecule has 222 valence electrons. The molecule has 5 rings (SSSR count). The van der Waals surface area contributed by atoms with Crippen LogP contribution < -0.4 is 25.4 Å². The normalized spacial score (nSPS) is 11.3. The van der Waals surface area contributed by atoms with Crippen molar-refractivity contribution in [1.82, 2.24) is 19.4 Å². The number of carbonyl (C=O) groups is 1. The molecule has 2 amide bonds. The number of hydrogen-bond donors (Lipinski definition) is 3. The number of benzene rings is 2. The Labute approximate surface area is 244 Å². The Bertz CT molecular complexity index is 1730. The monoisotopic (exact) mass is 591 g/mol. The van der Waals surface area contributed by atoms with Crippen LogP contribution in [-0.4, -0.2) is 38.6 Å². The van der Waals surface area contributed by atoms with Crippen molar-refractivity contribution in [3.8, 4) is 22.8 Å². The molecule has 3 N–H and O–H groups in total. The lowest BCUT2D eigenvalue weighted by Crippen LogP contribution is -2.21. The molecule has 0 aliphatic heterocycles. The standard InChI is InChI=1S/C30H28F3N7O3/c1-3-42-25-16-26(43-4-2)23(15-22(25)30(31,32)33)39-29(41)37-21-7-5-6-20(14-21)24-18-40-13-12-35-28(40)27(38-24)36-17-19-8-10-34-11-9-19/h5-16,18H,3-4,17H2,1-2H3,(H,36,38)(H2,37,39,41). The average Bonchev–Trinajstić information content (AvgIpc) is 3.46. The fourth-order valence-electron chi connectivity index (χ4n) is 4.35. The van der Waals surface area contributed by atoms with Crippen molar-refractivity contribution in [3.05, 3.63) is 90.6 Å². The molecule has 13 heteroatoms. The molecule has 10 nitrogen and oxygen atoms in total. The summed E-state index contributed by atoms with van der Waals surface area (Å²) >= 11 is 0. The topological polar surface area (TPSA) is 115 Å². The minimum atomic E-state index is -4.70. The molecule has 0 spiro atoms. The number of rotatable bonds is 10. The van der Waals surface area contributed by atoms with Gasteiger partial charge < -0.3 is 29.8 Å². The molecule has 3 heterocycles. The highest BCUT2D eigenvalue weighted by Crippen LogP contribution is 2.42. The van der Waals surface area contributed by atoms with Gasteiger partial charge in [0.2, 0.25) is 0 Å². The van der Waals surface area contributed by atoms with Crippen LogP contribution in [0.2, 0.25) is 0 Å². The number of nitrogens with zero attached hydrogens (tertiary/aromatic N) is 4. The van der Waals surface area contributed by atoms with E-state index >= 15 is 0 Å². The number of pyridine rings is 1. The number of imidazole rings is 1. The summed E-state index contributed by atoms with van der Waals surface area (Å²) in [6.07, 6.45) is 4.00. The Morgan fingerprint density at radius 3 is 2.47 bits per heavy atom. The predicted molar refractivity (Wildman–Crippen MR) is 156 cm³/mol. The molecule has 0 saturated carbocycles. The van der Waals surface area contributed by atoms with E-state index in [-0.39, 0.29) is 30.4 Å². The van der Waals surface area contributed by atoms with Crippen LogP contribution >= 0.6 is 0 Å². The fourth-order valence-corrected chi connectivity index (χ4v) is 4.35. The second-order valence-corrected chi connectivity index (χ2v) is 9.21. The highest BCUT2D eigenvalue weighted by atomic mass is 19.4. The molecule has 0 saturated heterocycles. The van der Waals surface area contributed by atoms with E-state index in [1.807, 2.05) is 28.8 Å². The first-order chi connectivity index (χ1) is 20.7. The van der Waals surface area contributed by atoms with Crippen LogP contribution in [0.25, 0.3) is 16.9 Å². The number of hydrogen-bond acceptors (Lipinski definition) is 7. The highest BCUT2D eigenvalue weighted by Gasteiger charge is 2.36. The van der Waals surface area contributed by atoms with Crippen molar-refractivity contribution in [2.75, 3.05) is 29.2 Å². The van der Waals surface area contributed by atoms with Gasteiger partial charge in [0.25, 0.3) is 0 Å². The van der Waals surface area contributed by atoms with E-state index in [4.69, 9.17) is 14.5 Å². The SMILES string of the molecule is CCOc1cc(OCC)c(C(F)(F)F)cc1NC(=O)Nc1cccc(-c2cn3ccnc3c(NCc3ccncc3)n2)c1. The van der Waals surface area contributed by atoms with Gasteiger partial charge in [-0.2, -0.15) is 13.2 Å². The summed E-state index contributed by atoms with van der Waals surface area (Å²) < 4.78 is 53.7. The second-order valence-electron chi connectivity index (χ2n) is 9.21. The lowest BCUT2D eigenvalue weighted by molar-refractivity contribution is -0.138. The van der Waals surface area contributed by atoms with Gasteiger partial charge in [0.1, 0.15) is 11.5 Å². The first kappa shape index (κ1) is 29.2. The number of carbonyl (C=O) groups excluding carboxylic acids is 1. The van der Waals surface area contributed by atoms with Gasteiger partial charge in [-0.15, -0.1) is 0 Å². The lowest BCUT2D eigenvalue weighted by Gasteiger charge is -2.19. The maximum Gasteiger partial charge on any atom is 0.420 e. The molecule has 0 atom stereocenters. The van der Waals surface area contributed by atoms with E-state index in [0.717, 1.165) is 17.7 Å². The van der Waals surface area contributed by atoms with Crippen molar-refractivity contribution < 1.29 is 27.4 Å². The van der Waals surface area contributed by atoms with Crippen molar-refractivity contribution in [3.63, 3.8) is 0 Å². The number of aromatic nitrogens is 4. The number of anilines is 3. The van der Waals surface area contributed by atoms with Crippen molar-refractivity contribution in [2.45, 2.75) is 26.6 Å². The number of fused-ring (bicyclic) bond motifs is 1. The first-order valence-electron chi connectivity index (χ1n) is 13.4. The van der Waals surface area contributed by atoms with Crippen LogP contribution in [0.4, 0.5) is 35.2 Å². The van der Waals surface area contributed by atoms with Crippen LogP contribution in [0.15, 0.2) is 79.5 Å². The summed E-state index contributed by atoms with van der Waals surface area (Å²) in [5.41, 5.74) is 2.18. The zero-order chi connectivity index (χ0) is 30.4. The second kappa shape index (κ2) is 12.7. The van der Waals surface area contributed by atoms with E-state index in [2.05, 4.69) is 25.9 Å². The van der Waals surface area contributed by atoms with Crippen LogP contribution in [0, 0.1) is 0 Å². The van der Waals surface area contributed by atoms with Gasteiger partial charge in [-0.25, -0.2) is 14.8 Å². The summed E-state index contributed by atoms with van der Waals surface area (Å²) in [4.78, 5) is 26.1. The Balaban J connectivity index is 1.38. The number of halogens is 3. The molecular formula is C30H28F3N7O3. The van der Waals surface area contributed by atoms with Gasteiger partial charge in [-0.3, -0.25) is 4.98 Å². The van der Waals surface area contributed by atoms with Crippen LogP contribution in [0.5, 0.6) is 11.5 Å². The Morgan fingerprint density at radius 1 is 0.953 bits per heavy atom. The number of ether oxygens (including phenoxy) is 2. The Hall–Kier alpha value is -5.33. The highest BCUT2D eigenvalue weighted by molar-refractivity contribution is 6.01. The maximum absolute atomic E-state index is 13.7. The van der Waals surface area contributed by atoms with Crippen molar-refractivity contribution in [1.29, 1.82) is 0 Å².